The molecule has 1 aromatic rings. The molecule has 21 heavy (non-hydrogen) atoms. The predicted molar refractivity (Wildman–Crippen MR) is 78.7 cm³/mol. The quantitative estimate of drug-likeness (QED) is 0.818. The second kappa shape index (κ2) is 6.71. The number of carboxylic acid groups (broad SMARTS) is 1. The third kappa shape index (κ3) is 5.55. The molecule has 0 aliphatic heterocycles. The Kier molecular flexibility index (Phi) is 5.48. The molecule has 0 spiro atoms. The first kappa shape index (κ1) is 17.2. The number of rotatable bonds is 6. The van der Waals surface area contributed by atoms with E-state index in [2.05, 4.69) is 5.32 Å². The van der Waals surface area contributed by atoms with Crippen LogP contribution < -0.4 is 5.32 Å². The van der Waals surface area contributed by atoms with Gasteiger partial charge in [0.1, 0.15) is 6.04 Å². The van der Waals surface area contributed by atoms with Gasteiger partial charge in [0.15, 0.2) is 9.84 Å². The summed E-state index contributed by atoms with van der Waals surface area (Å²) in [7, 11) is -3.13. The van der Waals surface area contributed by atoms with Gasteiger partial charge in [0, 0.05) is 11.8 Å². The molecule has 0 aliphatic carbocycles. The van der Waals surface area contributed by atoms with Crippen molar-refractivity contribution in [2.75, 3.05) is 6.26 Å². The van der Waals surface area contributed by atoms with Gasteiger partial charge in [0.25, 0.3) is 5.91 Å². The number of carboxylic acids is 1. The molecule has 116 valence electrons. The molecule has 0 bridgehead atoms. The Hall–Kier alpha value is -1.89. The van der Waals surface area contributed by atoms with Crippen molar-refractivity contribution in [2.24, 2.45) is 5.92 Å². The SMILES string of the molecule is CC(C)[C@H](NC(=O)c1ccc(CS(C)(=O)=O)cc1)C(=O)O. The van der Waals surface area contributed by atoms with Gasteiger partial charge in [-0.15, -0.1) is 0 Å². The van der Waals surface area contributed by atoms with Crippen molar-refractivity contribution in [3.8, 4) is 0 Å². The lowest BCUT2D eigenvalue weighted by Crippen LogP contribution is -2.44. The van der Waals surface area contributed by atoms with Crippen LogP contribution in [-0.4, -0.2) is 37.7 Å². The Bertz CT molecular complexity index is 619. The highest BCUT2D eigenvalue weighted by molar-refractivity contribution is 7.89. The van der Waals surface area contributed by atoms with Crippen molar-refractivity contribution in [3.05, 3.63) is 35.4 Å². The summed E-state index contributed by atoms with van der Waals surface area (Å²) >= 11 is 0. The Morgan fingerprint density at radius 3 is 2.10 bits per heavy atom. The van der Waals surface area contributed by atoms with Gasteiger partial charge in [-0.2, -0.15) is 0 Å². The minimum absolute atomic E-state index is 0.0986. The molecule has 0 aromatic heterocycles. The van der Waals surface area contributed by atoms with E-state index >= 15 is 0 Å². The molecule has 6 nitrogen and oxygen atoms in total. The molecule has 0 saturated heterocycles. The zero-order valence-electron chi connectivity index (χ0n) is 12.2. The molecule has 0 heterocycles. The first-order valence-corrected chi connectivity index (χ1v) is 8.46. The summed E-state index contributed by atoms with van der Waals surface area (Å²) in [6.45, 7) is 3.41. The summed E-state index contributed by atoms with van der Waals surface area (Å²) in [5.74, 6) is -1.93. The molecular weight excluding hydrogens is 294 g/mol. The standard InChI is InChI=1S/C14H19NO5S/c1-9(2)12(14(17)18)15-13(16)11-6-4-10(5-7-11)8-21(3,19)20/h4-7,9,12H,8H2,1-3H3,(H,15,16)(H,17,18)/t12-/m0/s1. The van der Waals surface area contributed by atoms with Gasteiger partial charge in [-0.1, -0.05) is 26.0 Å². The van der Waals surface area contributed by atoms with Crippen LogP contribution in [0.4, 0.5) is 0 Å². The van der Waals surface area contributed by atoms with E-state index in [4.69, 9.17) is 5.11 Å². The lowest BCUT2D eigenvalue weighted by atomic mass is 10.0. The molecule has 1 amide bonds. The summed E-state index contributed by atoms with van der Waals surface area (Å²) in [5.41, 5.74) is 0.867. The van der Waals surface area contributed by atoms with Crippen LogP contribution in [0.3, 0.4) is 0 Å². The van der Waals surface area contributed by atoms with Crippen LogP contribution in [0.15, 0.2) is 24.3 Å². The summed E-state index contributed by atoms with van der Waals surface area (Å²) in [5, 5.41) is 11.5. The molecule has 1 rings (SSSR count). The first-order chi connectivity index (χ1) is 9.60. The number of hydrogen-bond donors (Lipinski definition) is 2. The smallest absolute Gasteiger partial charge is 0.326 e. The van der Waals surface area contributed by atoms with Crippen LogP contribution in [0.1, 0.15) is 29.8 Å². The fourth-order valence-electron chi connectivity index (χ4n) is 1.79. The van der Waals surface area contributed by atoms with Crippen molar-refractivity contribution in [3.63, 3.8) is 0 Å². The third-order valence-electron chi connectivity index (χ3n) is 2.86. The maximum Gasteiger partial charge on any atom is 0.326 e. The van der Waals surface area contributed by atoms with E-state index in [1.165, 1.54) is 12.1 Å². The molecule has 0 fully saturated rings. The number of aliphatic carboxylic acids is 1. The molecular formula is C14H19NO5S. The maximum atomic E-state index is 12.0. The molecule has 0 unspecified atom stereocenters. The van der Waals surface area contributed by atoms with Crippen LogP contribution in [-0.2, 0) is 20.4 Å². The van der Waals surface area contributed by atoms with Gasteiger partial charge in [-0.3, -0.25) is 4.79 Å². The number of carbonyl (C=O) groups excluding carboxylic acids is 1. The van der Waals surface area contributed by atoms with E-state index in [0.29, 0.717) is 11.1 Å². The molecule has 7 heteroatoms. The zero-order chi connectivity index (χ0) is 16.2. The summed E-state index contributed by atoms with van der Waals surface area (Å²) in [4.78, 5) is 23.0. The maximum absolute atomic E-state index is 12.0. The molecule has 0 radical (unpaired) electrons. The van der Waals surface area contributed by atoms with Crippen molar-refractivity contribution in [1.82, 2.24) is 5.32 Å². The molecule has 1 atom stereocenters. The Labute approximate surface area is 124 Å². The van der Waals surface area contributed by atoms with E-state index in [-0.39, 0.29) is 11.7 Å². The number of nitrogens with one attached hydrogen (secondary N) is 1. The highest BCUT2D eigenvalue weighted by atomic mass is 32.2. The minimum Gasteiger partial charge on any atom is -0.480 e. The second-order valence-corrected chi connectivity index (χ2v) is 7.44. The third-order valence-corrected chi connectivity index (χ3v) is 3.72. The topological polar surface area (TPSA) is 101 Å². The summed E-state index contributed by atoms with van der Waals surface area (Å²) in [6.07, 6.45) is 1.13. The minimum atomic E-state index is -3.13. The monoisotopic (exact) mass is 313 g/mol. The van der Waals surface area contributed by atoms with Crippen LogP contribution in [0.5, 0.6) is 0 Å². The van der Waals surface area contributed by atoms with Crippen LogP contribution >= 0.6 is 0 Å². The van der Waals surface area contributed by atoms with E-state index < -0.39 is 27.8 Å². The largest absolute Gasteiger partial charge is 0.480 e. The average molecular weight is 313 g/mol. The van der Waals surface area contributed by atoms with Crippen LogP contribution in [0.2, 0.25) is 0 Å². The summed E-state index contributed by atoms with van der Waals surface area (Å²) in [6, 6.07) is 5.08. The van der Waals surface area contributed by atoms with Gasteiger partial charge < -0.3 is 10.4 Å². The normalized spacial score (nSPS) is 13.0. The lowest BCUT2D eigenvalue weighted by Gasteiger charge is -2.17. The van der Waals surface area contributed by atoms with Gasteiger partial charge in [0.2, 0.25) is 0 Å². The van der Waals surface area contributed by atoms with Crippen LogP contribution in [0.25, 0.3) is 0 Å². The molecule has 2 N–H and O–H groups in total. The fraction of sp³-hybridized carbons (Fsp3) is 0.429. The van der Waals surface area contributed by atoms with E-state index in [9.17, 15) is 18.0 Å². The number of carbonyl (C=O) groups is 2. The Morgan fingerprint density at radius 2 is 1.71 bits per heavy atom. The lowest BCUT2D eigenvalue weighted by molar-refractivity contribution is -0.140. The predicted octanol–water partition coefficient (Wildman–Crippen LogP) is 1.07. The summed E-state index contributed by atoms with van der Waals surface area (Å²) < 4.78 is 22.3. The fourth-order valence-corrected chi connectivity index (χ4v) is 2.59. The van der Waals surface area contributed by atoms with Crippen molar-refractivity contribution < 1.29 is 23.1 Å². The van der Waals surface area contributed by atoms with E-state index in [0.717, 1.165) is 6.26 Å². The van der Waals surface area contributed by atoms with E-state index in [1.807, 2.05) is 0 Å². The molecule has 0 saturated carbocycles. The number of amides is 1. The zero-order valence-corrected chi connectivity index (χ0v) is 13.0. The Balaban J connectivity index is 2.82. The van der Waals surface area contributed by atoms with Gasteiger partial charge in [-0.25, -0.2) is 13.2 Å². The highest BCUT2D eigenvalue weighted by Crippen LogP contribution is 2.09. The number of hydrogen-bond acceptors (Lipinski definition) is 4. The number of sulfone groups is 1. The first-order valence-electron chi connectivity index (χ1n) is 6.40. The van der Waals surface area contributed by atoms with Gasteiger partial charge >= 0.3 is 5.97 Å². The van der Waals surface area contributed by atoms with Crippen molar-refractivity contribution in [1.29, 1.82) is 0 Å². The van der Waals surface area contributed by atoms with Gasteiger partial charge in [-0.05, 0) is 23.6 Å². The second-order valence-electron chi connectivity index (χ2n) is 5.30. The molecule has 0 aliphatic rings. The van der Waals surface area contributed by atoms with E-state index in [1.54, 1.807) is 26.0 Å². The highest BCUT2D eigenvalue weighted by Gasteiger charge is 2.23. The van der Waals surface area contributed by atoms with Crippen molar-refractivity contribution >= 4 is 21.7 Å². The van der Waals surface area contributed by atoms with Crippen molar-refractivity contribution in [2.45, 2.75) is 25.6 Å². The molecule has 1 aromatic carbocycles. The van der Waals surface area contributed by atoms with Crippen LogP contribution in [0, 0.1) is 5.92 Å². The Morgan fingerprint density at radius 1 is 1.19 bits per heavy atom. The average Bonchev–Trinajstić information content (AvgIpc) is 2.33. The van der Waals surface area contributed by atoms with Gasteiger partial charge in [0.05, 0.1) is 5.75 Å². The number of benzene rings is 1.